The molecule has 0 bridgehead atoms. The Morgan fingerprint density at radius 2 is 2.26 bits per heavy atom. The van der Waals surface area contributed by atoms with Crippen LogP contribution in [0.1, 0.15) is 45.6 Å². The van der Waals surface area contributed by atoms with E-state index in [0.29, 0.717) is 0 Å². The van der Waals surface area contributed by atoms with Crippen molar-refractivity contribution < 1.29 is 9.53 Å². The average Bonchev–Trinajstić information content (AvgIpc) is 2.93. The van der Waals surface area contributed by atoms with E-state index in [0.717, 1.165) is 35.9 Å². The van der Waals surface area contributed by atoms with Gasteiger partial charge in [-0.25, -0.2) is 9.78 Å². The highest BCUT2D eigenvalue weighted by molar-refractivity contribution is 5.80. The first-order valence-corrected chi connectivity index (χ1v) is 8.03. The zero-order chi connectivity index (χ0) is 16.4. The van der Waals surface area contributed by atoms with E-state index >= 15 is 0 Å². The maximum atomic E-state index is 11.8. The molecule has 23 heavy (non-hydrogen) atoms. The predicted octanol–water partition coefficient (Wildman–Crippen LogP) is 4.02. The highest BCUT2D eigenvalue weighted by Crippen LogP contribution is 2.28. The molecule has 1 aliphatic carbocycles. The van der Waals surface area contributed by atoms with Crippen LogP contribution < -0.4 is 5.32 Å². The number of aromatic amines is 1. The summed E-state index contributed by atoms with van der Waals surface area (Å²) in [5, 5.41) is 4.07. The molecule has 2 heterocycles. The van der Waals surface area contributed by atoms with Crippen molar-refractivity contribution in [3.63, 3.8) is 0 Å². The standard InChI is InChI=1S/C18H23N3O2/c1-18(2,3)23-17(22)21-15-6-4-12(5-7-15)14-10-13-8-9-19-16(13)20-11-14/h4,8-11,15H,5-7H2,1-3H3,(H,19,20)(H,21,22). The Labute approximate surface area is 136 Å². The summed E-state index contributed by atoms with van der Waals surface area (Å²) >= 11 is 0. The van der Waals surface area contributed by atoms with Gasteiger partial charge in [-0.05, 0) is 63.3 Å². The molecular formula is C18H23N3O2. The van der Waals surface area contributed by atoms with Crippen LogP contribution in [0.5, 0.6) is 0 Å². The summed E-state index contributed by atoms with van der Waals surface area (Å²) in [6.07, 6.45) is 8.33. The second-order valence-corrected chi connectivity index (χ2v) is 6.99. The van der Waals surface area contributed by atoms with Crippen LogP contribution in [-0.2, 0) is 4.74 Å². The molecule has 122 valence electrons. The van der Waals surface area contributed by atoms with Crippen molar-refractivity contribution in [3.05, 3.63) is 36.2 Å². The maximum Gasteiger partial charge on any atom is 0.407 e. The Bertz CT molecular complexity index is 740. The Kier molecular flexibility index (Phi) is 4.11. The third kappa shape index (κ3) is 3.92. The second-order valence-electron chi connectivity index (χ2n) is 6.99. The highest BCUT2D eigenvalue weighted by Gasteiger charge is 2.21. The molecule has 0 spiro atoms. The number of fused-ring (bicyclic) bond motifs is 1. The molecule has 2 N–H and O–H groups in total. The van der Waals surface area contributed by atoms with Crippen LogP contribution in [0.2, 0.25) is 0 Å². The summed E-state index contributed by atoms with van der Waals surface area (Å²) in [5.41, 5.74) is 2.91. The molecule has 2 aromatic heterocycles. The molecule has 0 saturated carbocycles. The van der Waals surface area contributed by atoms with Crippen molar-refractivity contribution in [1.82, 2.24) is 15.3 Å². The van der Waals surface area contributed by atoms with Gasteiger partial charge in [-0.2, -0.15) is 0 Å². The van der Waals surface area contributed by atoms with Gasteiger partial charge >= 0.3 is 6.09 Å². The Morgan fingerprint density at radius 3 is 2.96 bits per heavy atom. The Balaban J connectivity index is 1.62. The molecule has 5 heteroatoms. The van der Waals surface area contributed by atoms with E-state index in [1.54, 1.807) is 0 Å². The molecule has 1 atom stereocenters. The normalized spacial score (nSPS) is 18.6. The van der Waals surface area contributed by atoms with Crippen LogP contribution in [0, 0.1) is 0 Å². The zero-order valence-electron chi connectivity index (χ0n) is 13.8. The molecule has 5 nitrogen and oxygen atoms in total. The van der Waals surface area contributed by atoms with Crippen molar-refractivity contribution in [3.8, 4) is 0 Å². The van der Waals surface area contributed by atoms with Crippen LogP contribution >= 0.6 is 0 Å². The van der Waals surface area contributed by atoms with Crippen LogP contribution in [0.4, 0.5) is 4.79 Å². The van der Waals surface area contributed by atoms with Crippen LogP contribution in [0.15, 0.2) is 30.6 Å². The molecule has 2 aromatic rings. The van der Waals surface area contributed by atoms with Crippen LogP contribution in [-0.4, -0.2) is 27.7 Å². The van der Waals surface area contributed by atoms with Gasteiger partial charge in [0.2, 0.25) is 0 Å². The molecule has 0 radical (unpaired) electrons. The smallest absolute Gasteiger partial charge is 0.407 e. The second kappa shape index (κ2) is 6.07. The van der Waals surface area contributed by atoms with Gasteiger partial charge in [0.25, 0.3) is 0 Å². The van der Waals surface area contributed by atoms with Crippen LogP contribution in [0.3, 0.4) is 0 Å². The number of allylic oxidation sites excluding steroid dienone is 1. The number of aromatic nitrogens is 2. The van der Waals surface area contributed by atoms with Gasteiger partial charge in [0.05, 0.1) is 0 Å². The van der Waals surface area contributed by atoms with Gasteiger partial charge < -0.3 is 15.0 Å². The Morgan fingerprint density at radius 1 is 1.43 bits per heavy atom. The fourth-order valence-corrected chi connectivity index (χ4v) is 2.82. The predicted molar refractivity (Wildman–Crippen MR) is 91.1 cm³/mol. The lowest BCUT2D eigenvalue weighted by Gasteiger charge is -2.25. The molecule has 0 fully saturated rings. The van der Waals surface area contributed by atoms with E-state index in [-0.39, 0.29) is 12.1 Å². The van der Waals surface area contributed by atoms with Crippen molar-refractivity contribution in [1.29, 1.82) is 0 Å². The number of hydrogen-bond acceptors (Lipinski definition) is 3. The molecule has 1 aliphatic rings. The van der Waals surface area contributed by atoms with Gasteiger partial charge in [0.1, 0.15) is 11.2 Å². The summed E-state index contributed by atoms with van der Waals surface area (Å²) < 4.78 is 5.31. The Hall–Kier alpha value is -2.30. The summed E-state index contributed by atoms with van der Waals surface area (Å²) in [7, 11) is 0. The number of hydrogen-bond donors (Lipinski definition) is 2. The van der Waals surface area contributed by atoms with Gasteiger partial charge in [-0.1, -0.05) is 6.08 Å². The average molecular weight is 313 g/mol. The summed E-state index contributed by atoms with van der Waals surface area (Å²) in [6, 6.07) is 4.33. The lowest BCUT2D eigenvalue weighted by atomic mass is 9.91. The highest BCUT2D eigenvalue weighted by atomic mass is 16.6. The summed E-state index contributed by atoms with van der Waals surface area (Å²) in [5.74, 6) is 0. The minimum absolute atomic E-state index is 0.137. The molecule has 0 aliphatic heterocycles. The first kappa shape index (κ1) is 15.6. The van der Waals surface area contributed by atoms with E-state index in [9.17, 15) is 4.79 Å². The third-order valence-corrected chi connectivity index (χ3v) is 3.90. The van der Waals surface area contributed by atoms with E-state index < -0.39 is 5.60 Å². The van der Waals surface area contributed by atoms with Crippen LogP contribution in [0.25, 0.3) is 16.6 Å². The maximum absolute atomic E-state index is 11.8. The molecule has 3 rings (SSSR count). The first-order valence-electron chi connectivity index (χ1n) is 8.03. The number of pyridine rings is 1. The fourth-order valence-electron chi connectivity index (χ4n) is 2.82. The molecular weight excluding hydrogens is 290 g/mol. The van der Waals surface area contributed by atoms with E-state index in [1.807, 2.05) is 39.2 Å². The number of carbonyl (C=O) groups is 1. The van der Waals surface area contributed by atoms with Crippen molar-refractivity contribution in [2.45, 2.75) is 51.7 Å². The number of amides is 1. The lowest BCUT2D eigenvalue weighted by Crippen LogP contribution is -2.39. The molecule has 1 amide bonds. The summed E-state index contributed by atoms with van der Waals surface area (Å²) in [6.45, 7) is 5.61. The number of nitrogens with one attached hydrogen (secondary N) is 2. The topological polar surface area (TPSA) is 67.0 Å². The van der Waals surface area contributed by atoms with Gasteiger partial charge in [0.15, 0.2) is 0 Å². The number of alkyl carbamates (subject to hydrolysis) is 1. The number of carbonyl (C=O) groups excluding carboxylic acids is 1. The van der Waals surface area contributed by atoms with Gasteiger partial charge in [-0.3, -0.25) is 0 Å². The first-order chi connectivity index (χ1) is 10.9. The number of rotatable bonds is 2. The number of ether oxygens (including phenoxy) is 1. The van der Waals surface area contributed by atoms with Crippen molar-refractivity contribution >= 4 is 22.7 Å². The van der Waals surface area contributed by atoms with E-state index in [4.69, 9.17) is 4.74 Å². The molecule has 0 saturated heterocycles. The number of H-pyrrole nitrogens is 1. The van der Waals surface area contributed by atoms with Gasteiger partial charge in [0, 0.05) is 23.8 Å². The zero-order valence-corrected chi connectivity index (χ0v) is 13.8. The van der Waals surface area contributed by atoms with E-state index in [2.05, 4.69) is 27.4 Å². The fraction of sp³-hybridized carbons (Fsp3) is 0.444. The van der Waals surface area contributed by atoms with Crippen molar-refractivity contribution in [2.75, 3.05) is 0 Å². The summed E-state index contributed by atoms with van der Waals surface area (Å²) in [4.78, 5) is 19.4. The minimum Gasteiger partial charge on any atom is -0.444 e. The molecule has 0 aromatic carbocycles. The lowest BCUT2D eigenvalue weighted by molar-refractivity contribution is 0.0502. The monoisotopic (exact) mass is 313 g/mol. The number of nitrogens with zero attached hydrogens (tertiary/aromatic N) is 1. The quantitative estimate of drug-likeness (QED) is 0.880. The molecule has 1 unspecified atom stereocenters. The van der Waals surface area contributed by atoms with Gasteiger partial charge in [-0.15, -0.1) is 0 Å². The SMILES string of the molecule is CC(C)(C)OC(=O)NC1CC=C(c2cnc3[nH]ccc3c2)CC1. The largest absolute Gasteiger partial charge is 0.444 e. The third-order valence-electron chi connectivity index (χ3n) is 3.90. The van der Waals surface area contributed by atoms with E-state index in [1.165, 1.54) is 5.57 Å². The minimum atomic E-state index is -0.461. The van der Waals surface area contributed by atoms with Crippen molar-refractivity contribution in [2.24, 2.45) is 0 Å².